The summed E-state index contributed by atoms with van der Waals surface area (Å²) in [6.07, 6.45) is 1.64. The smallest absolute Gasteiger partial charge is 0.335 e. The number of carboxylic acids is 1. The Morgan fingerprint density at radius 1 is 1.02 bits per heavy atom. The molecule has 0 bridgehead atoms. The van der Waals surface area contributed by atoms with Crippen molar-refractivity contribution < 1.29 is 34.5 Å². The molecule has 0 spiro atoms. The van der Waals surface area contributed by atoms with Gasteiger partial charge in [-0.15, -0.1) is 10.1 Å². The van der Waals surface area contributed by atoms with Gasteiger partial charge in [0.25, 0.3) is 10.6 Å². The van der Waals surface area contributed by atoms with Crippen LogP contribution in [0.4, 0.5) is 5.69 Å². The zero-order valence-corrected chi connectivity index (χ0v) is 23.6. The van der Waals surface area contributed by atoms with Crippen LogP contribution in [0, 0.1) is 10.1 Å². The molecule has 3 N–H and O–H groups in total. The van der Waals surface area contributed by atoms with Crippen LogP contribution in [0.15, 0.2) is 89.9 Å². The molecule has 12 nitrogen and oxygen atoms in total. The number of methoxy groups -OCH3 is 1. The number of nitrogens with one attached hydrogen (secondary N) is 1. The highest BCUT2D eigenvalue weighted by molar-refractivity contribution is 6.31. The molecule has 1 unspecified atom stereocenters. The highest BCUT2D eigenvalue weighted by Crippen LogP contribution is 2.34. The molecule has 4 aromatic rings. The first kappa shape index (κ1) is 32.0. The number of rotatable bonds is 9. The van der Waals surface area contributed by atoms with Crippen LogP contribution in [-0.2, 0) is 11.2 Å². The summed E-state index contributed by atoms with van der Waals surface area (Å²) in [5.74, 6) is -1.49. The van der Waals surface area contributed by atoms with E-state index in [0.29, 0.717) is 27.4 Å². The van der Waals surface area contributed by atoms with Gasteiger partial charge in [-0.1, -0.05) is 41.9 Å². The third-order valence-electron chi connectivity index (χ3n) is 6.22. The lowest BCUT2D eigenvalue weighted by Gasteiger charge is -2.22. The van der Waals surface area contributed by atoms with Crippen molar-refractivity contribution >= 4 is 34.9 Å². The minimum Gasteiger partial charge on any atom is -0.495 e. The molecule has 0 aliphatic rings. The van der Waals surface area contributed by atoms with Gasteiger partial charge in [-0.25, -0.2) is 4.79 Å². The van der Waals surface area contributed by atoms with Gasteiger partial charge in [0.2, 0.25) is 5.91 Å². The number of anilines is 1. The van der Waals surface area contributed by atoms with Gasteiger partial charge in [0.15, 0.2) is 5.78 Å². The number of ether oxygens (including phenoxy) is 1. The zero-order valence-electron chi connectivity index (χ0n) is 22.9. The number of carbonyl (C=O) groups is 3. The number of Topliss-reactive ketones (excluding diaryl/α,β-unsaturated/α-hetero) is 1. The first-order valence-electron chi connectivity index (χ1n) is 12.5. The number of carbonyl (C=O) groups excluding carboxylic acids is 2. The molecule has 13 heteroatoms. The number of ketones is 1. The van der Waals surface area contributed by atoms with E-state index < -0.39 is 28.6 Å². The predicted molar refractivity (Wildman–Crippen MR) is 158 cm³/mol. The maximum absolute atomic E-state index is 13.5. The highest BCUT2D eigenvalue weighted by Gasteiger charge is 2.25. The maximum Gasteiger partial charge on any atom is 0.335 e. The van der Waals surface area contributed by atoms with Crippen molar-refractivity contribution in [3.63, 3.8) is 0 Å². The lowest BCUT2D eigenvalue weighted by Crippen LogP contribution is -2.34. The van der Waals surface area contributed by atoms with Crippen LogP contribution in [0.1, 0.15) is 39.2 Å². The number of amides is 1. The standard InChI is InChI=1S/C30H25ClN2O6.HNO3/c1-18(34)23-13-10-21(31)15-24(23)25-16-28(35)33(17-27(25)39-2)26(14-19-6-4-3-5-7-19)29(36)32-22-11-8-20(9-12-22)30(37)38;2-1(3)4/h3-13,15-17,26H,14H2,1-2H3,(H,32,36)(H,37,38);(H,2,3,4). The quantitative estimate of drug-likeness (QED) is 0.132. The molecule has 0 fully saturated rings. The monoisotopic (exact) mass is 607 g/mol. The number of hydrogen-bond donors (Lipinski definition) is 3. The van der Waals surface area contributed by atoms with Crippen LogP contribution in [-0.4, -0.2) is 44.7 Å². The normalized spacial score (nSPS) is 11.0. The molecule has 3 aromatic carbocycles. The van der Waals surface area contributed by atoms with Gasteiger partial charge in [0.1, 0.15) is 11.8 Å². The van der Waals surface area contributed by atoms with Crippen LogP contribution >= 0.6 is 11.6 Å². The minimum absolute atomic E-state index is 0.0799. The Hall–Kier alpha value is -5.49. The summed E-state index contributed by atoms with van der Waals surface area (Å²) in [5, 5.41) is 25.9. The fourth-order valence-electron chi connectivity index (χ4n) is 4.27. The average molecular weight is 608 g/mol. The summed E-state index contributed by atoms with van der Waals surface area (Å²) in [7, 11) is 1.43. The van der Waals surface area contributed by atoms with E-state index >= 15 is 0 Å². The van der Waals surface area contributed by atoms with Crippen molar-refractivity contribution in [3.8, 4) is 16.9 Å². The number of aromatic nitrogens is 1. The number of carboxylic acid groups (broad SMARTS) is 1. The maximum atomic E-state index is 13.5. The molecular weight excluding hydrogens is 582 g/mol. The van der Waals surface area contributed by atoms with Crippen LogP contribution in [0.25, 0.3) is 11.1 Å². The third-order valence-corrected chi connectivity index (χ3v) is 6.46. The first-order valence-corrected chi connectivity index (χ1v) is 12.9. The molecule has 0 saturated carbocycles. The Labute approximate surface area is 249 Å². The minimum atomic E-state index is -1.50. The molecule has 1 heterocycles. The Kier molecular flexibility index (Phi) is 10.7. The van der Waals surface area contributed by atoms with Crippen LogP contribution < -0.4 is 15.6 Å². The van der Waals surface area contributed by atoms with E-state index in [1.807, 2.05) is 30.3 Å². The molecule has 1 atom stereocenters. The average Bonchev–Trinajstić information content (AvgIpc) is 2.96. The second-order valence-corrected chi connectivity index (χ2v) is 9.50. The summed E-state index contributed by atoms with van der Waals surface area (Å²) in [6, 6.07) is 20.1. The number of halogens is 1. The lowest BCUT2D eigenvalue weighted by molar-refractivity contribution is -0.742. The number of hydrogen-bond acceptors (Lipinski definition) is 7. The highest BCUT2D eigenvalue weighted by atomic mass is 35.5. The van der Waals surface area contributed by atoms with Gasteiger partial charge in [0, 0.05) is 34.3 Å². The number of aromatic carboxylic acids is 1. The Bertz CT molecular complexity index is 1700. The second-order valence-electron chi connectivity index (χ2n) is 9.06. The molecule has 0 aliphatic carbocycles. The first-order chi connectivity index (χ1) is 20.4. The van der Waals surface area contributed by atoms with Crippen molar-refractivity contribution in [2.45, 2.75) is 19.4 Å². The molecular formula is C30H26ClN3O9. The molecule has 0 saturated heterocycles. The van der Waals surface area contributed by atoms with E-state index in [0.717, 1.165) is 5.56 Å². The van der Waals surface area contributed by atoms with Crippen molar-refractivity contribution in [2.24, 2.45) is 0 Å². The Morgan fingerprint density at radius 2 is 1.65 bits per heavy atom. The predicted octanol–water partition coefficient (Wildman–Crippen LogP) is 5.15. The van der Waals surface area contributed by atoms with E-state index in [-0.39, 0.29) is 23.5 Å². The van der Waals surface area contributed by atoms with Crippen LogP contribution in [0.3, 0.4) is 0 Å². The summed E-state index contributed by atoms with van der Waals surface area (Å²) < 4.78 is 6.89. The molecule has 0 radical (unpaired) electrons. The van der Waals surface area contributed by atoms with Crippen LogP contribution in [0.2, 0.25) is 5.02 Å². The Balaban J connectivity index is 0.00000119. The fourth-order valence-corrected chi connectivity index (χ4v) is 4.44. The molecule has 0 aliphatic heterocycles. The molecule has 4 rings (SSSR count). The lowest BCUT2D eigenvalue weighted by atomic mass is 9.97. The van der Waals surface area contributed by atoms with Crippen LogP contribution in [0.5, 0.6) is 5.75 Å². The fraction of sp³-hybridized carbons (Fsp3) is 0.133. The number of nitrogens with zero attached hydrogens (tertiary/aromatic N) is 2. The largest absolute Gasteiger partial charge is 0.495 e. The van der Waals surface area contributed by atoms with Gasteiger partial charge in [0.05, 0.1) is 18.9 Å². The van der Waals surface area contributed by atoms with Crippen molar-refractivity contribution in [1.29, 1.82) is 0 Å². The van der Waals surface area contributed by atoms with E-state index in [2.05, 4.69) is 5.32 Å². The number of benzene rings is 3. The molecule has 43 heavy (non-hydrogen) atoms. The Morgan fingerprint density at radius 3 is 2.21 bits per heavy atom. The third kappa shape index (κ3) is 8.50. The van der Waals surface area contributed by atoms with E-state index in [1.165, 1.54) is 55.1 Å². The zero-order chi connectivity index (χ0) is 31.7. The van der Waals surface area contributed by atoms with E-state index in [1.54, 1.807) is 18.2 Å². The van der Waals surface area contributed by atoms with Gasteiger partial charge < -0.3 is 20.4 Å². The summed E-state index contributed by atoms with van der Waals surface area (Å²) in [6.45, 7) is 1.42. The molecule has 222 valence electrons. The van der Waals surface area contributed by atoms with Crippen molar-refractivity contribution in [3.05, 3.63) is 127 Å². The van der Waals surface area contributed by atoms with Crippen molar-refractivity contribution in [2.75, 3.05) is 12.4 Å². The topological polar surface area (TPSA) is 178 Å². The van der Waals surface area contributed by atoms with Gasteiger partial charge >= 0.3 is 5.97 Å². The second kappa shape index (κ2) is 14.4. The summed E-state index contributed by atoms with van der Waals surface area (Å²) in [5.41, 5.74) is 1.98. The van der Waals surface area contributed by atoms with Crippen molar-refractivity contribution in [1.82, 2.24) is 4.57 Å². The summed E-state index contributed by atoms with van der Waals surface area (Å²) >= 11 is 6.20. The summed E-state index contributed by atoms with van der Waals surface area (Å²) in [4.78, 5) is 58.9. The molecule has 1 aromatic heterocycles. The SMILES string of the molecule is COc1cn(C(Cc2ccccc2)C(=O)Nc2ccc(C(=O)O)cc2)c(=O)cc1-c1cc(Cl)ccc1C(C)=O.O=[N+]([O-])O. The van der Waals surface area contributed by atoms with Gasteiger partial charge in [-0.05, 0) is 60.5 Å². The molecule has 1 amide bonds. The van der Waals surface area contributed by atoms with E-state index in [9.17, 15) is 19.2 Å². The van der Waals surface area contributed by atoms with Gasteiger partial charge in [-0.2, -0.15) is 0 Å². The number of pyridine rings is 1. The van der Waals surface area contributed by atoms with Gasteiger partial charge in [-0.3, -0.25) is 19.0 Å². The van der Waals surface area contributed by atoms with E-state index in [4.69, 9.17) is 36.8 Å².